The number of likely N-dealkylation sites (tertiary alicyclic amines) is 1. The van der Waals surface area contributed by atoms with Crippen LogP contribution in [0.5, 0.6) is 0 Å². The van der Waals surface area contributed by atoms with Crippen molar-refractivity contribution in [2.45, 2.75) is 50.5 Å². The van der Waals surface area contributed by atoms with Gasteiger partial charge < -0.3 is 4.90 Å². The number of fused-ring (bicyclic) bond motifs is 2. The fourth-order valence-electron chi connectivity index (χ4n) is 5.13. The SMILES string of the molecule is CN1CCC(n2ncc3cc(C4[C@H]5CCCC[C@@H]45)cnc32)CC1. The molecule has 3 aliphatic rings. The smallest absolute Gasteiger partial charge is 0.157 e. The van der Waals surface area contributed by atoms with Crippen LogP contribution in [0.3, 0.4) is 0 Å². The molecule has 3 heterocycles. The van der Waals surface area contributed by atoms with E-state index in [9.17, 15) is 0 Å². The highest BCUT2D eigenvalue weighted by molar-refractivity contribution is 5.75. The lowest BCUT2D eigenvalue weighted by Gasteiger charge is -2.29. The molecule has 3 atom stereocenters. The zero-order valence-corrected chi connectivity index (χ0v) is 14.0. The zero-order chi connectivity index (χ0) is 15.4. The first-order valence-electron chi connectivity index (χ1n) is 9.33. The average Bonchev–Trinajstić information content (AvgIpc) is 3.17. The number of pyridine rings is 1. The molecule has 2 aromatic rings. The topological polar surface area (TPSA) is 34.0 Å². The van der Waals surface area contributed by atoms with Gasteiger partial charge in [0.05, 0.1) is 12.2 Å². The second kappa shape index (κ2) is 5.30. The van der Waals surface area contributed by atoms with Crippen LogP contribution in [0.15, 0.2) is 18.5 Å². The van der Waals surface area contributed by atoms with Crippen molar-refractivity contribution in [1.29, 1.82) is 0 Å². The molecule has 23 heavy (non-hydrogen) atoms. The molecule has 2 aromatic heterocycles. The Balaban J connectivity index is 1.42. The van der Waals surface area contributed by atoms with Crippen molar-refractivity contribution >= 4 is 11.0 Å². The number of piperidine rings is 1. The highest BCUT2D eigenvalue weighted by Crippen LogP contribution is 2.61. The molecule has 4 heteroatoms. The predicted octanol–water partition coefficient (Wildman–Crippen LogP) is 3.60. The maximum atomic E-state index is 4.84. The molecular weight excluding hydrogens is 284 g/mol. The quantitative estimate of drug-likeness (QED) is 0.850. The molecule has 5 rings (SSSR count). The third-order valence-corrected chi connectivity index (χ3v) is 6.53. The van der Waals surface area contributed by atoms with Crippen molar-refractivity contribution in [3.8, 4) is 0 Å². The molecule has 0 spiro atoms. The minimum atomic E-state index is 0.519. The van der Waals surface area contributed by atoms with Gasteiger partial charge in [-0.3, -0.25) is 0 Å². The van der Waals surface area contributed by atoms with E-state index in [1.165, 1.54) is 49.5 Å². The van der Waals surface area contributed by atoms with Crippen LogP contribution in [0.1, 0.15) is 56.0 Å². The second-order valence-electron chi connectivity index (χ2n) is 7.94. The van der Waals surface area contributed by atoms with Crippen molar-refractivity contribution in [2.75, 3.05) is 20.1 Å². The summed E-state index contributed by atoms with van der Waals surface area (Å²) < 4.78 is 2.19. The summed E-state index contributed by atoms with van der Waals surface area (Å²) >= 11 is 0. The van der Waals surface area contributed by atoms with Crippen molar-refractivity contribution in [1.82, 2.24) is 19.7 Å². The van der Waals surface area contributed by atoms with Gasteiger partial charge in [0.25, 0.3) is 0 Å². The third-order valence-electron chi connectivity index (χ3n) is 6.53. The Morgan fingerprint density at radius 1 is 1.00 bits per heavy atom. The largest absolute Gasteiger partial charge is 0.306 e. The zero-order valence-electron chi connectivity index (χ0n) is 14.0. The molecule has 2 saturated carbocycles. The fourth-order valence-corrected chi connectivity index (χ4v) is 5.13. The average molecular weight is 310 g/mol. The molecule has 0 aromatic carbocycles. The first-order chi connectivity index (χ1) is 11.3. The summed E-state index contributed by atoms with van der Waals surface area (Å²) in [6.07, 6.45) is 12.3. The molecule has 1 aliphatic heterocycles. The number of hydrogen-bond acceptors (Lipinski definition) is 3. The van der Waals surface area contributed by atoms with Gasteiger partial charge in [-0.1, -0.05) is 12.8 Å². The van der Waals surface area contributed by atoms with E-state index in [4.69, 9.17) is 10.1 Å². The van der Waals surface area contributed by atoms with E-state index in [0.29, 0.717) is 6.04 Å². The lowest BCUT2D eigenvalue weighted by Crippen LogP contribution is -2.31. The van der Waals surface area contributed by atoms with E-state index in [-0.39, 0.29) is 0 Å². The Morgan fingerprint density at radius 3 is 2.48 bits per heavy atom. The number of nitrogens with zero attached hydrogens (tertiary/aromatic N) is 4. The second-order valence-corrected chi connectivity index (χ2v) is 7.94. The lowest BCUT2D eigenvalue weighted by molar-refractivity contribution is 0.215. The van der Waals surface area contributed by atoms with Gasteiger partial charge in [0.15, 0.2) is 5.65 Å². The molecule has 4 nitrogen and oxygen atoms in total. The van der Waals surface area contributed by atoms with E-state index in [0.717, 1.165) is 36.5 Å². The Kier molecular flexibility index (Phi) is 3.22. The Labute approximate surface area is 137 Å². The summed E-state index contributed by atoms with van der Waals surface area (Å²) in [5.41, 5.74) is 2.56. The van der Waals surface area contributed by atoms with E-state index in [2.05, 4.69) is 28.9 Å². The van der Waals surface area contributed by atoms with Crippen LogP contribution in [-0.4, -0.2) is 39.8 Å². The minimum Gasteiger partial charge on any atom is -0.306 e. The molecule has 3 fully saturated rings. The van der Waals surface area contributed by atoms with Crippen molar-refractivity contribution < 1.29 is 0 Å². The molecule has 1 unspecified atom stereocenters. The molecule has 0 bridgehead atoms. The van der Waals surface area contributed by atoms with Gasteiger partial charge >= 0.3 is 0 Å². The van der Waals surface area contributed by atoms with Gasteiger partial charge in [-0.25, -0.2) is 9.67 Å². The first-order valence-corrected chi connectivity index (χ1v) is 9.33. The minimum absolute atomic E-state index is 0.519. The number of hydrogen-bond donors (Lipinski definition) is 0. The van der Waals surface area contributed by atoms with Crippen LogP contribution >= 0.6 is 0 Å². The van der Waals surface area contributed by atoms with Gasteiger partial charge in [0.2, 0.25) is 0 Å². The maximum absolute atomic E-state index is 4.84. The summed E-state index contributed by atoms with van der Waals surface area (Å²) in [6.45, 7) is 2.32. The standard InChI is InChI=1S/C19H26N4/c1-22-8-6-15(7-9-22)23-19-14(12-21-23)10-13(11-20-19)18-16-4-2-3-5-17(16)18/h10-12,15-18H,2-9H2,1H3/t16-,17+,18?. The van der Waals surface area contributed by atoms with Crippen molar-refractivity contribution in [2.24, 2.45) is 11.8 Å². The van der Waals surface area contributed by atoms with E-state index in [1.54, 1.807) is 0 Å². The summed E-state index contributed by atoms with van der Waals surface area (Å²) in [6, 6.07) is 2.90. The monoisotopic (exact) mass is 310 g/mol. The Bertz CT molecular complexity index is 701. The van der Waals surface area contributed by atoms with Gasteiger partial charge in [0, 0.05) is 11.6 Å². The highest BCUT2D eigenvalue weighted by atomic mass is 15.3. The van der Waals surface area contributed by atoms with Crippen molar-refractivity contribution in [3.05, 3.63) is 24.0 Å². The predicted molar refractivity (Wildman–Crippen MR) is 91.5 cm³/mol. The normalized spacial score (nSPS) is 32.1. The maximum Gasteiger partial charge on any atom is 0.157 e. The summed E-state index contributed by atoms with van der Waals surface area (Å²) in [7, 11) is 2.21. The van der Waals surface area contributed by atoms with Crippen LogP contribution in [0.25, 0.3) is 11.0 Å². The van der Waals surface area contributed by atoms with Gasteiger partial charge in [0.1, 0.15) is 0 Å². The molecule has 0 amide bonds. The van der Waals surface area contributed by atoms with E-state index < -0.39 is 0 Å². The molecule has 0 radical (unpaired) electrons. The lowest BCUT2D eigenvalue weighted by atomic mass is 10.0. The van der Waals surface area contributed by atoms with Crippen LogP contribution < -0.4 is 0 Å². The highest BCUT2D eigenvalue weighted by Gasteiger charge is 2.51. The molecule has 1 saturated heterocycles. The van der Waals surface area contributed by atoms with Crippen molar-refractivity contribution in [3.63, 3.8) is 0 Å². The number of aromatic nitrogens is 3. The van der Waals surface area contributed by atoms with Gasteiger partial charge in [-0.05, 0) is 75.2 Å². The Hall–Kier alpha value is -1.42. The van der Waals surface area contributed by atoms with E-state index in [1.807, 2.05) is 6.20 Å². The summed E-state index contributed by atoms with van der Waals surface area (Å²) in [5.74, 6) is 2.69. The molecule has 0 N–H and O–H groups in total. The molecular formula is C19H26N4. The van der Waals surface area contributed by atoms with Crippen LogP contribution in [-0.2, 0) is 0 Å². The fraction of sp³-hybridized carbons (Fsp3) is 0.684. The van der Waals surface area contributed by atoms with Crippen LogP contribution in [0.2, 0.25) is 0 Å². The van der Waals surface area contributed by atoms with E-state index >= 15 is 0 Å². The molecule has 2 aliphatic carbocycles. The summed E-state index contributed by atoms with van der Waals surface area (Å²) in [5, 5.41) is 5.93. The summed E-state index contributed by atoms with van der Waals surface area (Å²) in [4.78, 5) is 7.25. The third kappa shape index (κ3) is 2.30. The first kappa shape index (κ1) is 14.0. The van der Waals surface area contributed by atoms with Gasteiger partial charge in [-0.15, -0.1) is 0 Å². The number of rotatable bonds is 2. The Morgan fingerprint density at radius 2 is 1.74 bits per heavy atom. The van der Waals surface area contributed by atoms with Crippen LogP contribution in [0, 0.1) is 11.8 Å². The van der Waals surface area contributed by atoms with Crippen LogP contribution in [0.4, 0.5) is 0 Å². The molecule has 122 valence electrons. The van der Waals surface area contributed by atoms with Gasteiger partial charge in [-0.2, -0.15) is 5.10 Å².